The molecule has 0 N–H and O–H groups in total. The topological polar surface area (TPSA) is 61.1 Å². The maximum Gasteiger partial charge on any atom is 0.253 e. The molecule has 0 radical (unpaired) electrons. The fourth-order valence-electron chi connectivity index (χ4n) is 2.26. The van der Waals surface area contributed by atoms with Crippen LogP contribution in [0.25, 0.3) is 0 Å². The van der Waals surface area contributed by atoms with Crippen molar-refractivity contribution in [3.63, 3.8) is 0 Å². The summed E-state index contributed by atoms with van der Waals surface area (Å²) in [5.41, 5.74) is 0.474. The number of ether oxygens (including phenoxy) is 3. The monoisotopic (exact) mass is 319 g/mol. The first-order chi connectivity index (χ1) is 11.1. The summed E-state index contributed by atoms with van der Waals surface area (Å²) in [5.74, 6) is 2.08. The van der Waals surface area contributed by atoms with Crippen molar-refractivity contribution < 1.29 is 23.4 Å². The average Bonchev–Trinajstić information content (AvgIpc) is 3.10. The van der Waals surface area contributed by atoms with Gasteiger partial charge in [-0.1, -0.05) is 0 Å². The number of hydrogen-bond donors (Lipinski definition) is 0. The Bertz CT molecular complexity index is 626. The van der Waals surface area contributed by atoms with E-state index in [1.807, 2.05) is 12.1 Å². The molecule has 1 heterocycles. The molecule has 0 aliphatic carbocycles. The number of hydrogen-bond acceptors (Lipinski definition) is 5. The van der Waals surface area contributed by atoms with Crippen molar-refractivity contribution in [2.24, 2.45) is 0 Å². The van der Waals surface area contributed by atoms with Crippen LogP contribution in [0.5, 0.6) is 17.2 Å². The molecule has 0 unspecified atom stereocenters. The van der Waals surface area contributed by atoms with Crippen LogP contribution < -0.4 is 14.2 Å². The van der Waals surface area contributed by atoms with E-state index in [0.29, 0.717) is 35.8 Å². The van der Waals surface area contributed by atoms with Crippen molar-refractivity contribution in [3.05, 3.63) is 41.9 Å². The Morgan fingerprint density at radius 3 is 2.26 bits per heavy atom. The molecule has 23 heavy (non-hydrogen) atoms. The molecule has 0 saturated carbocycles. The van der Waals surface area contributed by atoms with Crippen LogP contribution in [0.15, 0.2) is 34.9 Å². The molecular formula is C17H21NO5. The lowest BCUT2D eigenvalue weighted by atomic mass is 10.1. The van der Waals surface area contributed by atoms with Crippen LogP contribution >= 0.6 is 0 Å². The van der Waals surface area contributed by atoms with Crippen molar-refractivity contribution in [1.29, 1.82) is 0 Å². The van der Waals surface area contributed by atoms with E-state index < -0.39 is 0 Å². The van der Waals surface area contributed by atoms with E-state index in [2.05, 4.69) is 0 Å². The lowest BCUT2D eigenvalue weighted by Crippen LogP contribution is -2.28. The Hall–Kier alpha value is -2.63. The highest BCUT2D eigenvalue weighted by molar-refractivity contribution is 5.95. The predicted molar refractivity (Wildman–Crippen MR) is 85.5 cm³/mol. The number of nitrogens with zero attached hydrogens (tertiary/aromatic N) is 1. The van der Waals surface area contributed by atoms with Crippen LogP contribution in [-0.2, 0) is 6.42 Å². The largest absolute Gasteiger partial charge is 0.493 e. The average molecular weight is 319 g/mol. The van der Waals surface area contributed by atoms with E-state index in [0.717, 1.165) is 5.76 Å². The molecule has 124 valence electrons. The molecule has 2 rings (SSSR count). The second-order valence-electron chi connectivity index (χ2n) is 4.97. The Balaban J connectivity index is 2.17. The molecule has 0 saturated heterocycles. The van der Waals surface area contributed by atoms with Gasteiger partial charge >= 0.3 is 0 Å². The van der Waals surface area contributed by atoms with E-state index in [9.17, 15) is 4.79 Å². The highest BCUT2D eigenvalue weighted by Gasteiger charge is 2.19. The predicted octanol–water partition coefficient (Wildman–Crippen LogP) is 2.62. The van der Waals surface area contributed by atoms with Crippen molar-refractivity contribution >= 4 is 5.91 Å². The Morgan fingerprint density at radius 2 is 1.78 bits per heavy atom. The number of likely N-dealkylation sites (N-methyl/N-ethyl adjacent to an activating group) is 1. The second-order valence-corrected chi connectivity index (χ2v) is 4.97. The van der Waals surface area contributed by atoms with Gasteiger partial charge in [-0.2, -0.15) is 0 Å². The molecule has 0 aliphatic heterocycles. The standard InChI is InChI=1S/C17H21NO5/c1-18(8-7-13-6-5-9-23-13)17(19)12-10-14(20-2)16(22-4)15(11-12)21-3/h5-6,9-11H,7-8H2,1-4H3. The zero-order valence-corrected chi connectivity index (χ0v) is 13.8. The van der Waals surface area contributed by atoms with Gasteiger partial charge in [0.2, 0.25) is 5.75 Å². The smallest absolute Gasteiger partial charge is 0.253 e. The van der Waals surface area contributed by atoms with Gasteiger partial charge < -0.3 is 23.5 Å². The normalized spacial score (nSPS) is 10.3. The van der Waals surface area contributed by atoms with Gasteiger partial charge in [-0.3, -0.25) is 4.79 Å². The lowest BCUT2D eigenvalue weighted by molar-refractivity contribution is 0.0794. The van der Waals surface area contributed by atoms with E-state index in [4.69, 9.17) is 18.6 Å². The third-order valence-corrected chi connectivity index (χ3v) is 3.53. The zero-order valence-electron chi connectivity index (χ0n) is 13.8. The summed E-state index contributed by atoms with van der Waals surface area (Å²) in [4.78, 5) is 14.2. The number of methoxy groups -OCH3 is 3. The number of carbonyl (C=O) groups excluding carboxylic acids is 1. The third kappa shape index (κ3) is 3.77. The van der Waals surface area contributed by atoms with E-state index >= 15 is 0 Å². The molecule has 2 aromatic rings. The minimum Gasteiger partial charge on any atom is -0.493 e. The number of furan rings is 1. The summed E-state index contributed by atoms with van der Waals surface area (Å²) < 4.78 is 21.1. The van der Waals surface area contributed by atoms with Gasteiger partial charge in [0, 0.05) is 25.6 Å². The van der Waals surface area contributed by atoms with E-state index in [-0.39, 0.29) is 5.91 Å². The van der Waals surface area contributed by atoms with Crippen molar-refractivity contribution in [3.8, 4) is 17.2 Å². The Labute approximate surface area is 135 Å². The maximum absolute atomic E-state index is 12.6. The van der Waals surface area contributed by atoms with Gasteiger partial charge in [-0.05, 0) is 24.3 Å². The maximum atomic E-state index is 12.6. The number of carbonyl (C=O) groups is 1. The molecule has 0 bridgehead atoms. The quantitative estimate of drug-likeness (QED) is 0.785. The van der Waals surface area contributed by atoms with Gasteiger partial charge in [0.05, 0.1) is 27.6 Å². The minimum atomic E-state index is -0.129. The lowest BCUT2D eigenvalue weighted by Gasteiger charge is -2.19. The van der Waals surface area contributed by atoms with E-state index in [1.165, 1.54) is 21.3 Å². The highest BCUT2D eigenvalue weighted by Crippen LogP contribution is 2.38. The fourth-order valence-corrected chi connectivity index (χ4v) is 2.26. The minimum absolute atomic E-state index is 0.129. The number of rotatable bonds is 7. The van der Waals surface area contributed by atoms with Crippen LogP contribution in [0.1, 0.15) is 16.1 Å². The molecular weight excluding hydrogens is 298 g/mol. The van der Waals surface area contributed by atoms with Crippen LogP contribution in [0.3, 0.4) is 0 Å². The molecule has 1 aromatic heterocycles. The second kappa shape index (κ2) is 7.58. The molecule has 0 atom stereocenters. The molecule has 6 nitrogen and oxygen atoms in total. The molecule has 0 aliphatic rings. The van der Waals surface area contributed by atoms with Crippen LogP contribution in [0.4, 0.5) is 0 Å². The summed E-state index contributed by atoms with van der Waals surface area (Å²) >= 11 is 0. The van der Waals surface area contributed by atoms with Gasteiger partial charge in [0.15, 0.2) is 11.5 Å². The van der Waals surface area contributed by atoms with E-state index in [1.54, 1.807) is 30.3 Å². The fraction of sp³-hybridized carbons (Fsp3) is 0.353. The number of benzene rings is 1. The van der Waals surface area contributed by atoms with Gasteiger partial charge in [-0.15, -0.1) is 0 Å². The SMILES string of the molecule is COc1cc(C(=O)N(C)CCc2ccco2)cc(OC)c1OC. The Kier molecular flexibility index (Phi) is 5.51. The zero-order chi connectivity index (χ0) is 16.8. The first-order valence-electron chi connectivity index (χ1n) is 7.18. The van der Waals surface area contributed by atoms with Crippen LogP contribution in [0.2, 0.25) is 0 Å². The van der Waals surface area contributed by atoms with Crippen molar-refractivity contribution in [2.75, 3.05) is 34.9 Å². The molecule has 0 fully saturated rings. The summed E-state index contributed by atoms with van der Waals surface area (Å²) in [6, 6.07) is 7.01. The summed E-state index contributed by atoms with van der Waals surface area (Å²) in [5, 5.41) is 0. The van der Waals surface area contributed by atoms with Crippen LogP contribution in [0, 0.1) is 0 Å². The summed E-state index contributed by atoms with van der Waals surface area (Å²) in [7, 11) is 6.31. The third-order valence-electron chi connectivity index (χ3n) is 3.53. The Morgan fingerprint density at radius 1 is 1.13 bits per heavy atom. The molecule has 1 amide bonds. The molecule has 0 spiro atoms. The molecule has 1 aromatic carbocycles. The van der Waals surface area contributed by atoms with Crippen molar-refractivity contribution in [2.45, 2.75) is 6.42 Å². The first kappa shape index (κ1) is 16.7. The van der Waals surface area contributed by atoms with Crippen molar-refractivity contribution in [1.82, 2.24) is 4.90 Å². The first-order valence-corrected chi connectivity index (χ1v) is 7.18. The summed E-state index contributed by atoms with van der Waals surface area (Å²) in [6.45, 7) is 0.545. The van der Waals surface area contributed by atoms with Gasteiger partial charge in [-0.25, -0.2) is 0 Å². The highest BCUT2D eigenvalue weighted by atomic mass is 16.5. The van der Waals surface area contributed by atoms with Crippen LogP contribution in [-0.4, -0.2) is 45.7 Å². The van der Waals surface area contributed by atoms with Gasteiger partial charge in [0.25, 0.3) is 5.91 Å². The summed E-state index contributed by atoms with van der Waals surface area (Å²) in [6.07, 6.45) is 2.27. The molecule has 6 heteroatoms. The number of amides is 1. The van der Waals surface area contributed by atoms with Gasteiger partial charge in [0.1, 0.15) is 5.76 Å².